The molecular weight excluding hydrogens is 587 g/mol. The predicted octanol–water partition coefficient (Wildman–Crippen LogP) is 5.81. The third-order valence-electron chi connectivity index (χ3n) is 9.41. The normalized spacial score (nSPS) is 17.5. The van der Waals surface area contributed by atoms with E-state index in [0.717, 1.165) is 87.6 Å². The number of benzene rings is 3. The molecule has 0 spiro atoms. The molecule has 0 amide bonds. The van der Waals surface area contributed by atoms with Gasteiger partial charge in [-0.1, -0.05) is 36.5 Å². The highest BCUT2D eigenvalue weighted by Crippen LogP contribution is 2.29. The molecule has 1 aromatic heterocycles. The van der Waals surface area contributed by atoms with Crippen molar-refractivity contribution < 1.29 is 13.9 Å². The molecule has 1 unspecified atom stereocenters. The van der Waals surface area contributed by atoms with Crippen molar-refractivity contribution in [2.75, 3.05) is 64.4 Å². The van der Waals surface area contributed by atoms with E-state index in [4.69, 9.17) is 4.74 Å². The molecule has 0 saturated carbocycles. The van der Waals surface area contributed by atoms with Crippen molar-refractivity contribution in [3.63, 3.8) is 0 Å². The lowest BCUT2D eigenvalue weighted by atomic mass is 9.89. The van der Waals surface area contributed by atoms with Gasteiger partial charge in [-0.05, 0) is 92.4 Å². The molecule has 45 heavy (non-hydrogen) atoms. The van der Waals surface area contributed by atoms with Crippen molar-refractivity contribution in [2.24, 2.45) is 11.8 Å². The van der Waals surface area contributed by atoms with E-state index in [1.807, 2.05) is 16.7 Å². The molecular formula is C36H43FN4O3S. The van der Waals surface area contributed by atoms with Gasteiger partial charge in [0.2, 0.25) is 0 Å². The van der Waals surface area contributed by atoms with Crippen molar-refractivity contribution in [1.82, 2.24) is 14.4 Å². The van der Waals surface area contributed by atoms with Gasteiger partial charge in [0.25, 0.3) is 0 Å². The van der Waals surface area contributed by atoms with Crippen LogP contribution in [0.5, 0.6) is 5.75 Å². The summed E-state index contributed by atoms with van der Waals surface area (Å²) in [7, 11) is 1.73. The molecule has 0 radical (unpaired) electrons. The highest BCUT2D eigenvalue weighted by atomic mass is 32.1. The van der Waals surface area contributed by atoms with Crippen LogP contribution in [0.2, 0.25) is 0 Å². The SMILES string of the molecule is COc1ccccc1N1CCN(CC(C)Cc2ccc3c(c2)sc(=O)n3CCN2CCC(C(=O)c3ccc(F)cc3)CC2)CC1. The third kappa shape index (κ3) is 7.48. The van der Waals surface area contributed by atoms with Gasteiger partial charge < -0.3 is 14.5 Å². The molecule has 4 aromatic rings. The average molecular weight is 631 g/mol. The zero-order chi connectivity index (χ0) is 31.3. The Bertz CT molecular complexity index is 1650. The molecule has 2 aliphatic heterocycles. The molecule has 0 bridgehead atoms. The van der Waals surface area contributed by atoms with E-state index in [1.165, 1.54) is 34.7 Å². The number of carbonyl (C=O) groups excluding carboxylic acids is 1. The summed E-state index contributed by atoms with van der Waals surface area (Å²) in [4.78, 5) is 33.2. The van der Waals surface area contributed by atoms with E-state index in [9.17, 15) is 14.0 Å². The quantitative estimate of drug-likeness (QED) is 0.195. The van der Waals surface area contributed by atoms with Crippen LogP contribution in [0.4, 0.5) is 10.1 Å². The number of para-hydroxylation sites is 2. The first-order valence-corrected chi connectivity index (χ1v) is 16.9. The Kier molecular flexibility index (Phi) is 9.97. The molecule has 0 N–H and O–H groups in total. The maximum atomic E-state index is 13.2. The number of hydrogen-bond acceptors (Lipinski definition) is 7. The van der Waals surface area contributed by atoms with Crippen LogP contribution in [-0.4, -0.2) is 79.6 Å². The first kappa shape index (κ1) is 31.5. The number of aromatic nitrogens is 1. The number of Topliss-reactive ketones (excluding diaryl/α,β-unsaturated/α-hetero) is 1. The van der Waals surface area contributed by atoms with Gasteiger partial charge in [-0.25, -0.2) is 4.39 Å². The lowest BCUT2D eigenvalue weighted by Crippen LogP contribution is -2.47. The van der Waals surface area contributed by atoms with E-state index < -0.39 is 0 Å². The molecule has 7 nitrogen and oxygen atoms in total. The summed E-state index contributed by atoms with van der Waals surface area (Å²) in [5, 5.41) is 0. The summed E-state index contributed by atoms with van der Waals surface area (Å²) < 4.78 is 21.8. The Labute approximate surface area is 268 Å². The van der Waals surface area contributed by atoms with Crippen LogP contribution in [0.15, 0.2) is 71.5 Å². The molecule has 0 aliphatic carbocycles. The van der Waals surface area contributed by atoms with Gasteiger partial charge in [-0.3, -0.25) is 19.1 Å². The van der Waals surface area contributed by atoms with Crippen LogP contribution in [0.25, 0.3) is 10.2 Å². The average Bonchev–Trinajstić information content (AvgIpc) is 3.38. The zero-order valence-electron chi connectivity index (χ0n) is 26.3. The van der Waals surface area contributed by atoms with Crippen molar-refractivity contribution in [2.45, 2.75) is 32.7 Å². The number of thiazole rings is 1. The summed E-state index contributed by atoms with van der Waals surface area (Å²) in [6.07, 6.45) is 2.56. The lowest BCUT2D eigenvalue weighted by molar-refractivity contribution is 0.0837. The lowest BCUT2D eigenvalue weighted by Gasteiger charge is -2.37. The van der Waals surface area contributed by atoms with Crippen LogP contribution in [0.3, 0.4) is 0 Å². The highest BCUT2D eigenvalue weighted by molar-refractivity contribution is 7.16. The van der Waals surface area contributed by atoms with Gasteiger partial charge in [0.1, 0.15) is 11.6 Å². The topological polar surface area (TPSA) is 58.0 Å². The van der Waals surface area contributed by atoms with Crippen molar-refractivity contribution >= 4 is 33.0 Å². The summed E-state index contributed by atoms with van der Waals surface area (Å²) in [5.74, 6) is 1.20. The number of halogens is 1. The number of ketones is 1. The number of piperidine rings is 1. The maximum absolute atomic E-state index is 13.2. The number of carbonyl (C=O) groups is 1. The fourth-order valence-electron chi connectivity index (χ4n) is 6.93. The minimum Gasteiger partial charge on any atom is -0.495 e. The minimum atomic E-state index is -0.324. The first-order chi connectivity index (χ1) is 21.9. The number of anilines is 1. The van der Waals surface area contributed by atoms with E-state index in [0.29, 0.717) is 18.0 Å². The molecule has 9 heteroatoms. The van der Waals surface area contributed by atoms with Crippen molar-refractivity contribution in [3.05, 3.63) is 93.3 Å². The van der Waals surface area contributed by atoms with E-state index in [2.05, 4.69) is 52.0 Å². The number of hydrogen-bond donors (Lipinski definition) is 0. The zero-order valence-corrected chi connectivity index (χ0v) is 27.1. The Morgan fingerprint density at radius 1 is 0.933 bits per heavy atom. The predicted molar refractivity (Wildman–Crippen MR) is 180 cm³/mol. The Balaban J connectivity index is 0.979. The number of piperazine rings is 1. The molecule has 3 heterocycles. The summed E-state index contributed by atoms with van der Waals surface area (Å²) >= 11 is 1.34. The molecule has 2 saturated heterocycles. The second-order valence-electron chi connectivity index (χ2n) is 12.6. The molecule has 6 rings (SSSR count). The molecule has 2 aliphatic rings. The number of likely N-dealkylation sites (tertiary alicyclic amines) is 1. The van der Waals surface area contributed by atoms with Gasteiger partial charge in [-0.15, -0.1) is 0 Å². The monoisotopic (exact) mass is 630 g/mol. The number of ether oxygens (including phenoxy) is 1. The summed E-state index contributed by atoms with van der Waals surface area (Å²) in [5.41, 5.74) is 4.05. The molecule has 3 aromatic carbocycles. The smallest absolute Gasteiger partial charge is 0.308 e. The van der Waals surface area contributed by atoms with Gasteiger partial charge in [-0.2, -0.15) is 0 Å². The first-order valence-electron chi connectivity index (χ1n) is 16.1. The molecule has 1 atom stereocenters. The summed E-state index contributed by atoms with van der Waals surface area (Å²) in [6.45, 7) is 10.5. The number of fused-ring (bicyclic) bond motifs is 1. The minimum absolute atomic E-state index is 0.0276. The van der Waals surface area contributed by atoms with Crippen LogP contribution >= 0.6 is 11.3 Å². The largest absolute Gasteiger partial charge is 0.495 e. The molecule has 238 valence electrons. The highest BCUT2D eigenvalue weighted by Gasteiger charge is 2.26. The summed E-state index contributed by atoms with van der Waals surface area (Å²) in [6, 6.07) is 20.6. The Hall–Kier alpha value is -3.53. The van der Waals surface area contributed by atoms with Crippen molar-refractivity contribution in [3.8, 4) is 5.75 Å². The number of rotatable bonds is 11. The Morgan fingerprint density at radius 2 is 1.67 bits per heavy atom. The standard InChI is InChI=1S/C36H43FN4O3S/c1-26(25-39-17-20-40(21-18-39)31-5-3-4-6-33(31)44-2)23-27-7-12-32-34(24-27)45-36(43)41(32)22-19-38-15-13-29(14-16-38)35(42)28-8-10-30(37)11-9-28/h3-12,24,26,29H,13-23,25H2,1-2H3. The Morgan fingerprint density at radius 3 is 2.40 bits per heavy atom. The van der Waals surface area contributed by atoms with Crippen molar-refractivity contribution in [1.29, 1.82) is 0 Å². The van der Waals surface area contributed by atoms with Gasteiger partial charge in [0.15, 0.2) is 5.78 Å². The second-order valence-corrected chi connectivity index (χ2v) is 13.6. The fraction of sp³-hybridized carbons (Fsp3) is 0.444. The van der Waals surface area contributed by atoms with Gasteiger partial charge in [0, 0.05) is 57.3 Å². The fourth-order valence-corrected chi connectivity index (χ4v) is 7.91. The van der Waals surface area contributed by atoms with E-state index >= 15 is 0 Å². The second kappa shape index (κ2) is 14.3. The van der Waals surface area contributed by atoms with Gasteiger partial charge >= 0.3 is 4.87 Å². The van der Waals surface area contributed by atoms with Crippen LogP contribution in [0, 0.1) is 17.7 Å². The van der Waals surface area contributed by atoms with Crippen LogP contribution < -0.4 is 14.5 Å². The van der Waals surface area contributed by atoms with E-state index in [1.54, 1.807) is 19.2 Å². The van der Waals surface area contributed by atoms with Crippen LogP contribution in [0.1, 0.15) is 35.7 Å². The van der Waals surface area contributed by atoms with E-state index in [-0.39, 0.29) is 22.4 Å². The van der Waals surface area contributed by atoms with Gasteiger partial charge in [0.05, 0.1) is 23.0 Å². The number of methoxy groups -OCH3 is 1. The number of nitrogens with zero attached hydrogens (tertiary/aromatic N) is 4. The molecule has 2 fully saturated rings. The maximum Gasteiger partial charge on any atom is 0.308 e. The third-order valence-corrected chi connectivity index (χ3v) is 10.4. The van der Waals surface area contributed by atoms with Crippen LogP contribution in [-0.2, 0) is 13.0 Å².